The molecule has 1 nitrogen and oxygen atoms in total. The van der Waals surface area contributed by atoms with E-state index in [2.05, 4.69) is 37.4 Å². The van der Waals surface area contributed by atoms with Gasteiger partial charge in [-0.1, -0.05) is 30.2 Å². The molecule has 2 bridgehead atoms. The number of rotatable bonds is 3. The van der Waals surface area contributed by atoms with Crippen molar-refractivity contribution in [1.29, 1.82) is 0 Å². The Hall–Kier alpha value is -0.820. The van der Waals surface area contributed by atoms with Gasteiger partial charge in [0.05, 0.1) is 0 Å². The normalized spacial score (nSPS) is 38.4. The predicted molar refractivity (Wildman–Crippen MR) is 83.6 cm³/mol. The highest BCUT2D eigenvalue weighted by Gasteiger charge is 2.53. The van der Waals surface area contributed by atoms with E-state index in [1.54, 1.807) is 0 Å². The van der Waals surface area contributed by atoms with Gasteiger partial charge >= 0.3 is 0 Å². The Bertz CT molecular complexity index is 506. The first-order valence-corrected chi connectivity index (χ1v) is 8.52. The van der Waals surface area contributed by atoms with E-state index in [4.69, 9.17) is 0 Å². The first-order chi connectivity index (χ1) is 9.72. The highest BCUT2D eigenvalue weighted by molar-refractivity contribution is 5.30. The summed E-state index contributed by atoms with van der Waals surface area (Å²) in [5.41, 5.74) is 4.32. The fourth-order valence-electron chi connectivity index (χ4n) is 5.53. The molecule has 5 unspecified atom stereocenters. The molecule has 108 valence electrons. The third-order valence-corrected chi connectivity index (χ3v) is 6.49. The fraction of sp³-hybridized carbons (Fsp3) is 0.684. The molecule has 3 aliphatic carbocycles. The van der Waals surface area contributed by atoms with Crippen LogP contribution in [-0.2, 0) is 6.54 Å². The first-order valence-electron chi connectivity index (χ1n) is 8.52. The number of hydrogen-bond donors (Lipinski definition) is 1. The van der Waals surface area contributed by atoms with Crippen molar-refractivity contribution in [3.05, 3.63) is 34.9 Å². The van der Waals surface area contributed by atoms with Gasteiger partial charge in [0.25, 0.3) is 0 Å². The molecule has 1 N–H and O–H groups in total. The molecule has 1 aromatic rings. The Kier molecular flexibility index (Phi) is 3.14. The summed E-state index contributed by atoms with van der Waals surface area (Å²) in [6.45, 7) is 5.51. The van der Waals surface area contributed by atoms with Crippen LogP contribution >= 0.6 is 0 Å². The standard InChI is InChI=1S/C19H27N/c1-12-6-7-13(2)15(8-12)11-20-19-10-14-9-18(19)17-5-3-4-16(14)17/h6-8,14,16-20H,3-5,9-11H2,1-2H3. The summed E-state index contributed by atoms with van der Waals surface area (Å²) in [5.74, 6) is 4.24. The molecule has 0 aliphatic heterocycles. The minimum Gasteiger partial charge on any atom is -0.310 e. The molecular formula is C19H27N. The van der Waals surface area contributed by atoms with Crippen LogP contribution in [0.25, 0.3) is 0 Å². The summed E-state index contributed by atoms with van der Waals surface area (Å²) in [4.78, 5) is 0. The van der Waals surface area contributed by atoms with E-state index in [0.717, 1.165) is 36.3 Å². The van der Waals surface area contributed by atoms with Crippen molar-refractivity contribution < 1.29 is 0 Å². The minimum atomic E-state index is 0.805. The van der Waals surface area contributed by atoms with E-state index in [9.17, 15) is 0 Å². The largest absolute Gasteiger partial charge is 0.310 e. The van der Waals surface area contributed by atoms with E-state index >= 15 is 0 Å². The maximum absolute atomic E-state index is 3.91. The second-order valence-corrected chi connectivity index (χ2v) is 7.57. The molecule has 3 saturated carbocycles. The second-order valence-electron chi connectivity index (χ2n) is 7.57. The predicted octanol–water partition coefficient (Wildman–Crippen LogP) is 4.22. The van der Waals surface area contributed by atoms with Gasteiger partial charge in [-0.2, -0.15) is 0 Å². The average Bonchev–Trinajstić information content (AvgIpc) is 3.10. The van der Waals surface area contributed by atoms with E-state index in [0.29, 0.717) is 0 Å². The average molecular weight is 269 g/mol. The van der Waals surface area contributed by atoms with Crippen LogP contribution in [0.1, 0.15) is 48.8 Å². The highest BCUT2D eigenvalue weighted by Crippen LogP contribution is 2.58. The lowest BCUT2D eigenvalue weighted by atomic mass is 9.79. The Morgan fingerprint density at radius 2 is 1.90 bits per heavy atom. The molecule has 0 saturated heterocycles. The van der Waals surface area contributed by atoms with Crippen LogP contribution in [0.4, 0.5) is 0 Å². The molecule has 0 spiro atoms. The molecule has 5 atom stereocenters. The van der Waals surface area contributed by atoms with Crippen LogP contribution in [-0.4, -0.2) is 6.04 Å². The zero-order valence-corrected chi connectivity index (χ0v) is 12.9. The van der Waals surface area contributed by atoms with Gasteiger partial charge in [0, 0.05) is 12.6 Å². The molecule has 0 aromatic heterocycles. The molecule has 0 radical (unpaired) electrons. The third kappa shape index (κ3) is 2.02. The van der Waals surface area contributed by atoms with Gasteiger partial charge in [-0.25, -0.2) is 0 Å². The van der Waals surface area contributed by atoms with Gasteiger partial charge in [0.15, 0.2) is 0 Å². The van der Waals surface area contributed by atoms with Crippen molar-refractivity contribution in [2.75, 3.05) is 0 Å². The van der Waals surface area contributed by atoms with Crippen molar-refractivity contribution in [2.24, 2.45) is 23.7 Å². The van der Waals surface area contributed by atoms with Gasteiger partial charge in [0.2, 0.25) is 0 Å². The van der Waals surface area contributed by atoms with E-state index in [-0.39, 0.29) is 0 Å². The smallest absolute Gasteiger partial charge is 0.0210 e. The van der Waals surface area contributed by atoms with Crippen LogP contribution in [0.2, 0.25) is 0 Å². The van der Waals surface area contributed by atoms with Gasteiger partial charge in [0.1, 0.15) is 0 Å². The maximum Gasteiger partial charge on any atom is 0.0210 e. The zero-order valence-electron chi connectivity index (χ0n) is 12.9. The SMILES string of the molecule is Cc1ccc(C)c(CNC2CC3CC2C2CCCC32)c1. The van der Waals surface area contributed by atoms with Crippen LogP contribution < -0.4 is 5.32 Å². The van der Waals surface area contributed by atoms with E-state index < -0.39 is 0 Å². The van der Waals surface area contributed by atoms with Crippen LogP contribution in [0.5, 0.6) is 0 Å². The summed E-state index contributed by atoms with van der Waals surface area (Å²) in [5, 5.41) is 3.91. The number of benzene rings is 1. The van der Waals surface area contributed by atoms with Crippen molar-refractivity contribution in [1.82, 2.24) is 5.32 Å². The highest BCUT2D eigenvalue weighted by atomic mass is 14.9. The summed E-state index contributed by atoms with van der Waals surface area (Å²) < 4.78 is 0. The van der Waals surface area contributed by atoms with E-state index in [1.165, 1.54) is 48.8 Å². The number of nitrogens with one attached hydrogen (secondary N) is 1. The van der Waals surface area contributed by atoms with Crippen LogP contribution in [0.15, 0.2) is 18.2 Å². The number of fused-ring (bicyclic) bond motifs is 5. The Morgan fingerprint density at radius 3 is 2.80 bits per heavy atom. The molecule has 1 aromatic carbocycles. The minimum absolute atomic E-state index is 0.805. The molecule has 3 aliphatic rings. The lowest BCUT2D eigenvalue weighted by Crippen LogP contribution is -2.39. The van der Waals surface area contributed by atoms with Crippen molar-refractivity contribution in [3.63, 3.8) is 0 Å². The molecule has 0 heterocycles. The quantitative estimate of drug-likeness (QED) is 0.866. The van der Waals surface area contributed by atoms with Gasteiger partial charge < -0.3 is 5.32 Å². The molecule has 20 heavy (non-hydrogen) atoms. The Labute approximate surface area is 123 Å². The van der Waals surface area contributed by atoms with Crippen LogP contribution in [0, 0.1) is 37.5 Å². The summed E-state index contributed by atoms with van der Waals surface area (Å²) >= 11 is 0. The Morgan fingerprint density at radius 1 is 1.05 bits per heavy atom. The molecule has 4 rings (SSSR count). The van der Waals surface area contributed by atoms with Gasteiger partial charge in [-0.15, -0.1) is 0 Å². The molecular weight excluding hydrogens is 242 g/mol. The topological polar surface area (TPSA) is 12.0 Å². The number of aryl methyl sites for hydroxylation is 2. The zero-order chi connectivity index (χ0) is 13.7. The van der Waals surface area contributed by atoms with E-state index in [1.807, 2.05) is 0 Å². The fourth-order valence-corrected chi connectivity index (χ4v) is 5.53. The second kappa shape index (κ2) is 4.87. The van der Waals surface area contributed by atoms with Crippen molar-refractivity contribution in [2.45, 2.75) is 58.5 Å². The van der Waals surface area contributed by atoms with Crippen molar-refractivity contribution >= 4 is 0 Å². The lowest BCUT2D eigenvalue weighted by molar-refractivity contribution is 0.208. The third-order valence-electron chi connectivity index (χ3n) is 6.49. The molecule has 0 amide bonds. The summed E-state index contributed by atoms with van der Waals surface area (Å²) in [7, 11) is 0. The van der Waals surface area contributed by atoms with Gasteiger partial charge in [-0.05, 0) is 74.3 Å². The van der Waals surface area contributed by atoms with Crippen molar-refractivity contribution in [3.8, 4) is 0 Å². The first kappa shape index (κ1) is 12.9. The Balaban J connectivity index is 1.42. The maximum atomic E-state index is 3.91. The summed E-state index contributed by atoms with van der Waals surface area (Å²) in [6, 6.07) is 7.65. The summed E-state index contributed by atoms with van der Waals surface area (Å²) in [6.07, 6.45) is 7.55. The number of hydrogen-bond acceptors (Lipinski definition) is 1. The molecule has 3 fully saturated rings. The monoisotopic (exact) mass is 269 g/mol. The lowest BCUT2D eigenvalue weighted by Gasteiger charge is -2.32. The molecule has 1 heteroatoms. The van der Waals surface area contributed by atoms with Gasteiger partial charge in [-0.3, -0.25) is 0 Å². The van der Waals surface area contributed by atoms with Crippen LogP contribution in [0.3, 0.4) is 0 Å².